The van der Waals surface area contributed by atoms with Crippen LogP contribution >= 0.6 is 0 Å². The number of piperidine rings is 1. The third kappa shape index (κ3) is 2.81. The predicted molar refractivity (Wildman–Crippen MR) is 70.7 cm³/mol. The van der Waals surface area contributed by atoms with Crippen molar-refractivity contribution < 1.29 is 9.53 Å². The Balaban J connectivity index is 1.63. The molecular formula is C14H21N3O2. The van der Waals surface area contributed by atoms with Crippen molar-refractivity contribution in [3.63, 3.8) is 0 Å². The van der Waals surface area contributed by atoms with Crippen LogP contribution < -0.4 is 0 Å². The lowest BCUT2D eigenvalue weighted by Crippen LogP contribution is -2.31. The first-order valence-corrected chi connectivity index (χ1v) is 7.22. The van der Waals surface area contributed by atoms with Gasteiger partial charge in [-0.2, -0.15) is 5.10 Å². The molecule has 1 atom stereocenters. The topological polar surface area (TPSA) is 47.4 Å². The molecule has 0 spiro atoms. The van der Waals surface area contributed by atoms with Gasteiger partial charge in [-0.3, -0.25) is 4.79 Å². The quantitative estimate of drug-likeness (QED) is 0.783. The monoisotopic (exact) mass is 263 g/mol. The van der Waals surface area contributed by atoms with Gasteiger partial charge in [0.25, 0.3) is 0 Å². The van der Waals surface area contributed by atoms with Crippen LogP contribution in [0.25, 0.3) is 0 Å². The predicted octanol–water partition coefficient (Wildman–Crippen LogP) is 1.92. The molecular weight excluding hydrogens is 242 g/mol. The highest BCUT2D eigenvalue weighted by Gasteiger charge is 2.22. The van der Waals surface area contributed by atoms with Gasteiger partial charge in [0.05, 0.1) is 6.20 Å². The SMILES string of the molecule is O=CN1CCC(c2cnn(C3CCCCO3)c2)CC1. The Morgan fingerprint density at radius 1 is 1.26 bits per heavy atom. The molecule has 5 nitrogen and oxygen atoms in total. The molecule has 2 fully saturated rings. The summed E-state index contributed by atoms with van der Waals surface area (Å²) in [6.45, 7) is 2.57. The first-order valence-electron chi connectivity index (χ1n) is 7.22. The van der Waals surface area contributed by atoms with Gasteiger partial charge in [-0.25, -0.2) is 4.68 Å². The summed E-state index contributed by atoms with van der Waals surface area (Å²) in [5.41, 5.74) is 1.29. The van der Waals surface area contributed by atoms with E-state index in [1.165, 1.54) is 12.0 Å². The molecule has 1 unspecified atom stereocenters. The lowest BCUT2D eigenvalue weighted by atomic mass is 9.92. The standard InChI is InChI=1S/C14H21N3O2/c18-11-16-6-4-12(5-7-16)13-9-15-17(10-13)14-3-1-2-8-19-14/h9-12,14H,1-8H2. The average Bonchev–Trinajstić information content (AvgIpc) is 2.98. The van der Waals surface area contributed by atoms with Crippen LogP contribution in [0.2, 0.25) is 0 Å². The first-order chi connectivity index (χ1) is 9.36. The molecule has 0 bridgehead atoms. The summed E-state index contributed by atoms with van der Waals surface area (Å²) in [6.07, 6.45) is 10.7. The molecule has 1 amide bonds. The van der Waals surface area contributed by atoms with E-state index in [2.05, 4.69) is 11.3 Å². The first kappa shape index (κ1) is 12.7. The minimum Gasteiger partial charge on any atom is -0.357 e. The van der Waals surface area contributed by atoms with Crippen molar-refractivity contribution in [1.29, 1.82) is 0 Å². The Bertz CT molecular complexity index is 418. The Kier molecular flexibility index (Phi) is 3.82. The zero-order valence-electron chi connectivity index (χ0n) is 11.2. The number of rotatable bonds is 3. The van der Waals surface area contributed by atoms with E-state index in [0.717, 1.165) is 51.8 Å². The van der Waals surface area contributed by atoms with Crippen molar-refractivity contribution in [3.05, 3.63) is 18.0 Å². The van der Waals surface area contributed by atoms with Crippen molar-refractivity contribution in [2.24, 2.45) is 0 Å². The molecule has 0 radical (unpaired) electrons. The second-order valence-corrected chi connectivity index (χ2v) is 5.49. The summed E-state index contributed by atoms with van der Waals surface area (Å²) < 4.78 is 7.72. The van der Waals surface area contributed by atoms with E-state index in [1.807, 2.05) is 15.8 Å². The summed E-state index contributed by atoms with van der Waals surface area (Å²) in [6, 6.07) is 0. The molecule has 2 aliphatic rings. The molecule has 0 N–H and O–H groups in total. The maximum Gasteiger partial charge on any atom is 0.209 e. The van der Waals surface area contributed by atoms with Crippen LogP contribution in [-0.2, 0) is 9.53 Å². The minimum absolute atomic E-state index is 0.123. The largest absolute Gasteiger partial charge is 0.357 e. The molecule has 0 aliphatic carbocycles. The van der Waals surface area contributed by atoms with Gasteiger partial charge in [-0.1, -0.05) is 0 Å². The van der Waals surface area contributed by atoms with Crippen molar-refractivity contribution in [2.45, 2.75) is 44.2 Å². The number of nitrogens with zero attached hydrogens (tertiary/aromatic N) is 3. The van der Waals surface area contributed by atoms with E-state index >= 15 is 0 Å². The van der Waals surface area contributed by atoms with Crippen LogP contribution in [0.1, 0.15) is 49.8 Å². The zero-order chi connectivity index (χ0) is 13.1. The second-order valence-electron chi connectivity index (χ2n) is 5.49. The molecule has 19 heavy (non-hydrogen) atoms. The van der Waals surface area contributed by atoms with Crippen LogP contribution in [0.5, 0.6) is 0 Å². The summed E-state index contributed by atoms with van der Waals surface area (Å²) in [4.78, 5) is 12.6. The number of ether oxygens (including phenoxy) is 1. The molecule has 104 valence electrons. The molecule has 3 rings (SSSR count). The Labute approximate surface area is 113 Å². The Hall–Kier alpha value is -1.36. The van der Waals surface area contributed by atoms with Gasteiger partial charge < -0.3 is 9.64 Å². The van der Waals surface area contributed by atoms with Gasteiger partial charge in [-0.15, -0.1) is 0 Å². The number of likely N-dealkylation sites (tertiary alicyclic amines) is 1. The highest BCUT2D eigenvalue weighted by atomic mass is 16.5. The molecule has 1 aromatic rings. The van der Waals surface area contributed by atoms with Crippen LogP contribution in [0.15, 0.2) is 12.4 Å². The number of hydrogen-bond acceptors (Lipinski definition) is 3. The fourth-order valence-electron chi connectivity index (χ4n) is 2.99. The number of carbonyl (C=O) groups excluding carboxylic acids is 1. The van der Waals surface area contributed by atoms with Crippen LogP contribution in [0, 0.1) is 0 Å². The zero-order valence-corrected chi connectivity index (χ0v) is 11.2. The lowest BCUT2D eigenvalue weighted by molar-refractivity contribution is -0.119. The van der Waals surface area contributed by atoms with E-state index in [1.54, 1.807) is 0 Å². The summed E-state index contributed by atoms with van der Waals surface area (Å²) in [7, 11) is 0. The lowest BCUT2D eigenvalue weighted by Gasteiger charge is -2.28. The second kappa shape index (κ2) is 5.74. The van der Waals surface area contributed by atoms with Crippen LogP contribution in [0.4, 0.5) is 0 Å². The summed E-state index contributed by atoms with van der Waals surface area (Å²) in [5.74, 6) is 0.536. The maximum atomic E-state index is 10.7. The molecule has 0 saturated carbocycles. The summed E-state index contributed by atoms with van der Waals surface area (Å²) >= 11 is 0. The smallest absolute Gasteiger partial charge is 0.209 e. The number of amides is 1. The molecule has 2 aliphatic heterocycles. The fourth-order valence-corrected chi connectivity index (χ4v) is 2.99. The van der Waals surface area contributed by atoms with Gasteiger partial charge >= 0.3 is 0 Å². The molecule has 1 aromatic heterocycles. The third-order valence-electron chi connectivity index (χ3n) is 4.22. The Morgan fingerprint density at radius 3 is 2.79 bits per heavy atom. The highest BCUT2D eigenvalue weighted by Crippen LogP contribution is 2.29. The molecule has 0 aromatic carbocycles. The van der Waals surface area contributed by atoms with E-state index in [0.29, 0.717) is 5.92 Å². The Morgan fingerprint density at radius 2 is 2.11 bits per heavy atom. The maximum absolute atomic E-state index is 10.7. The van der Waals surface area contributed by atoms with Crippen molar-refractivity contribution in [3.8, 4) is 0 Å². The third-order valence-corrected chi connectivity index (χ3v) is 4.22. The average molecular weight is 263 g/mol. The van der Waals surface area contributed by atoms with E-state index < -0.39 is 0 Å². The number of carbonyl (C=O) groups is 1. The number of hydrogen-bond donors (Lipinski definition) is 0. The normalized spacial score (nSPS) is 25.5. The van der Waals surface area contributed by atoms with Gasteiger partial charge in [0.1, 0.15) is 6.23 Å². The summed E-state index contributed by atoms with van der Waals surface area (Å²) in [5, 5.41) is 4.46. The van der Waals surface area contributed by atoms with E-state index in [9.17, 15) is 4.79 Å². The minimum atomic E-state index is 0.123. The molecule has 3 heterocycles. The van der Waals surface area contributed by atoms with Crippen molar-refractivity contribution in [1.82, 2.24) is 14.7 Å². The van der Waals surface area contributed by atoms with Crippen molar-refractivity contribution >= 4 is 6.41 Å². The van der Waals surface area contributed by atoms with E-state index in [4.69, 9.17) is 4.74 Å². The van der Waals surface area contributed by atoms with Crippen LogP contribution in [-0.4, -0.2) is 40.8 Å². The van der Waals surface area contributed by atoms with Crippen molar-refractivity contribution in [2.75, 3.05) is 19.7 Å². The van der Waals surface area contributed by atoms with Gasteiger partial charge in [-0.05, 0) is 43.6 Å². The van der Waals surface area contributed by atoms with Gasteiger partial charge in [0, 0.05) is 25.9 Å². The molecule has 2 saturated heterocycles. The fraction of sp³-hybridized carbons (Fsp3) is 0.714. The van der Waals surface area contributed by atoms with Gasteiger partial charge in [0.15, 0.2) is 0 Å². The van der Waals surface area contributed by atoms with E-state index in [-0.39, 0.29) is 6.23 Å². The van der Waals surface area contributed by atoms with Crippen LogP contribution in [0.3, 0.4) is 0 Å². The highest BCUT2D eigenvalue weighted by molar-refractivity contribution is 5.47. The molecule has 5 heteroatoms. The number of aromatic nitrogens is 2. The van der Waals surface area contributed by atoms with Gasteiger partial charge in [0.2, 0.25) is 6.41 Å².